The molecule has 1 aliphatic heterocycles. The molecule has 0 amide bonds. The molecule has 0 aromatic heterocycles. The SMILES string of the molecule is CCNC(C)c1ccccc1-c1cccc2c1OCC2. The monoisotopic (exact) mass is 267 g/mol. The van der Waals surface area contributed by atoms with Crippen LogP contribution in [0, 0.1) is 0 Å². The molecule has 2 heteroatoms. The lowest BCUT2D eigenvalue weighted by Crippen LogP contribution is -2.18. The van der Waals surface area contributed by atoms with Gasteiger partial charge in [-0.1, -0.05) is 49.4 Å². The van der Waals surface area contributed by atoms with Crippen LogP contribution in [-0.4, -0.2) is 13.2 Å². The van der Waals surface area contributed by atoms with Crippen LogP contribution in [0.1, 0.15) is 31.0 Å². The Morgan fingerprint density at radius 2 is 1.90 bits per heavy atom. The molecule has 0 saturated heterocycles. The third-order valence-electron chi connectivity index (χ3n) is 3.94. The molecular weight excluding hydrogens is 246 g/mol. The fourth-order valence-electron chi connectivity index (χ4n) is 2.96. The van der Waals surface area contributed by atoms with E-state index in [9.17, 15) is 0 Å². The highest BCUT2D eigenvalue weighted by atomic mass is 16.5. The van der Waals surface area contributed by atoms with Crippen LogP contribution in [-0.2, 0) is 6.42 Å². The summed E-state index contributed by atoms with van der Waals surface area (Å²) in [6, 6.07) is 15.4. The van der Waals surface area contributed by atoms with Crippen molar-refractivity contribution in [2.24, 2.45) is 0 Å². The molecule has 1 heterocycles. The van der Waals surface area contributed by atoms with Gasteiger partial charge in [0.05, 0.1) is 6.61 Å². The Morgan fingerprint density at radius 1 is 1.10 bits per heavy atom. The van der Waals surface area contributed by atoms with Crippen molar-refractivity contribution < 1.29 is 4.74 Å². The molecule has 2 aromatic rings. The lowest BCUT2D eigenvalue weighted by Gasteiger charge is -2.18. The second-order valence-electron chi connectivity index (χ2n) is 5.26. The third-order valence-corrected chi connectivity index (χ3v) is 3.94. The predicted octanol–water partition coefficient (Wildman–Crippen LogP) is 3.96. The first-order chi connectivity index (χ1) is 9.81. The third kappa shape index (κ3) is 2.32. The first kappa shape index (κ1) is 13.2. The maximum atomic E-state index is 5.86. The summed E-state index contributed by atoms with van der Waals surface area (Å²) in [7, 11) is 0. The van der Waals surface area contributed by atoms with Gasteiger partial charge in [-0.25, -0.2) is 0 Å². The van der Waals surface area contributed by atoms with Crippen molar-refractivity contribution in [3.05, 3.63) is 53.6 Å². The van der Waals surface area contributed by atoms with Gasteiger partial charge in [0.15, 0.2) is 0 Å². The van der Waals surface area contributed by atoms with Gasteiger partial charge in [0.25, 0.3) is 0 Å². The molecule has 3 rings (SSSR count). The predicted molar refractivity (Wildman–Crippen MR) is 83.2 cm³/mol. The second kappa shape index (κ2) is 5.68. The van der Waals surface area contributed by atoms with Crippen molar-refractivity contribution in [2.75, 3.05) is 13.2 Å². The smallest absolute Gasteiger partial charge is 0.130 e. The van der Waals surface area contributed by atoms with E-state index >= 15 is 0 Å². The maximum Gasteiger partial charge on any atom is 0.130 e. The zero-order valence-corrected chi connectivity index (χ0v) is 12.1. The molecule has 0 aliphatic carbocycles. The number of hydrogen-bond acceptors (Lipinski definition) is 2. The molecule has 0 bridgehead atoms. The van der Waals surface area contributed by atoms with Gasteiger partial charge in [0.2, 0.25) is 0 Å². The van der Waals surface area contributed by atoms with E-state index in [2.05, 4.69) is 61.6 Å². The summed E-state index contributed by atoms with van der Waals surface area (Å²) in [5, 5.41) is 3.50. The summed E-state index contributed by atoms with van der Waals surface area (Å²) in [6.45, 7) is 6.13. The minimum atomic E-state index is 0.341. The molecular formula is C18H21NO. The van der Waals surface area contributed by atoms with E-state index in [1.165, 1.54) is 22.3 Å². The normalized spacial score (nSPS) is 14.7. The standard InChI is InChI=1S/C18H21NO/c1-3-19-13(2)15-8-4-5-9-16(15)17-10-6-7-14-11-12-20-18(14)17/h4-10,13,19H,3,11-12H2,1-2H3. The molecule has 0 saturated carbocycles. The Hall–Kier alpha value is -1.80. The van der Waals surface area contributed by atoms with E-state index in [-0.39, 0.29) is 0 Å². The van der Waals surface area contributed by atoms with Crippen molar-refractivity contribution in [2.45, 2.75) is 26.3 Å². The summed E-state index contributed by atoms with van der Waals surface area (Å²) < 4.78 is 5.86. The van der Waals surface area contributed by atoms with Crippen LogP contribution >= 0.6 is 0 Å². The van der Waals surface area contributed by atoms with E-state index in [0.29, 0.717) is 6.04 Å². The molecule has 0 spiro atoms. The largest absolute Gasteiger partial charge is 0.492 e. The van der Waals surface area contributed by atoms with Crippen LogP contribution in [0.3, 0.4) is 0 Å². The zero-order chi connectivity index (χ0) is 13.9. The molecule has 2 nitrogen and oxygen atoms in total. The highest BCUT2D eigenvalue weighted by molar-refractivity contribution is 5.75. The Bertz CT molecular complexity index is 606. The van der Waals surface area contributed by atoms with Gasteiger partial charge in [-0.3, -0.25) is 0 Å². The summed E-state index contributed by atoms with van der Waals surface area (Å²) in [5.74, 6) is 1.07. The Balaban J connectivity index is 2.09. The van der Waals surface area contributed by atoms with Crippen LogP contribution in [0.25, 0.3) is 11.1 Å². The van der Waals surface area contributed by atoms with Crippen molar-refractivity contribution >= 4 is 0 Å². The summed E-state index contributed by atoms with van der Waals surface area (Å²) in [5.41, 5.74) is 5.16. The van der Waals surface area contributed by atoms with Gasteiger partial charge in [-0.05, 0) is 30.2 Å². The first-order valence-electron chi connectivity index (χ1n) is 7.38. The van der Waals surface area contributed by atoms with Crippen molar-refractivity contribution in [1.29, 1.82) is 0 Å². The van der Waals surface area contributed by atoms with Crippen molar-refractivity contribution in [3.8, 4) is 16.9 Å². The lowest BCUT2D eigenvalue weighted by molar-refractivity contribution is 0.358. The van der Waals surface area contributed by atoms with E-state index in [1.807, 2.05) is 0 Å². The number of rotatable bonds is 4. The zero-order valence-electron chi connectivity index (χ0n) is 12.1. The summed E-state index contributed by atoms with van der Waals surface area (Å²) in [6.07, 6.45) is 1.02. The highest BCUT2D eigenvalue weighted by Crippen LogP contribution is 2.39. The number of benzene rings is 2. The molecule has 2 aromatic carbocycles. The minimum Gasteiger partial charge on any atom is -0.492 e. The maximum absolute atomic E-state index is 5.86. The van der Waals surface area contributed by atoms with Gasteiger partial charge in [-0.15, -0.1) is 0 Å². The van der Waals surface area contributed by atoms with E-state index in [0.717, 1.165) is 25.3 Å². The van der Waals surface area contributed by atoms with E-state index < -0.39 is 0 Å². The topological polar surface area (TPSA) is 21.3 Å². The van der Waals surface area contributed by atoms with Crippen LogP contribution in [0.2, 0.25) is 0 Å². The first-order valence-corrected chi connectivity index (χ1v) is 7.38. The van der Waals surface area contributed by atoms with Gasteiger partial charge in [-0.2, -0.15) is 0 Å². The molecule has 1 aliphatic rings. The highest BCUT2D eigenvalue weighted by Gasteiger charge is 2.19. The number of hydrogen-bond donors (Lipinski definition) is 1. The number of fused-ring (bicyclic) bond motifs is 1. The van der Waals surface area contributed by atoms with Crippen LogP contribution in [0.15, 0.2) is 42.5 Å². The van der Waals surface area contributed by atoms with E-state index in [4.69, 9.17) is 4.74 Å². The molecule has 1 atom stereocenters. The van der Waals surface area contributed by atoms with Crippen LogP contribution < -0.4 is 10.1 Å². The molecule has 104 valence electrons. The molecule has 20 heavy (non-hydrogen) atoms. The van der Waals surface area contributed by atoms with Gasteiger partial charge in [0.1, 0.15) is 5.75 Å². The van der Waals surface area contributed by atoms with Crippen molar-refractivity contribution in [3.63, 3.8) is 0 Å². The number of ether oxygens (including phenoxy) is 1. The Morgan fingerprint density at radius 3 is 2.75 bits per heavy atom. The molecule has 0 radical (unpaired) electrons. The van der Waals surface area contributed by atoms with E-state index in [1.54, 1.807) is 0 Å². The van der Waals surface area contributed by atoms with Crippen LogP contribution in [0.5, 0.6) is 5.75 Å². The fourth-order valence-corrected chi connectivity index (χ4v) is 2.96. The quantitative estimate of drug-likeness (QED) is 0.905. The van der Waals surface area contributed by atoms with Gasteiger partial charge in [0, 0.05) is 18.0 Å². The molecule has 0 fully saturated rings. The fraction of sp³-hybridized carbons (Fsp3) is 0.333. The molecule has 1 unspecified atom stereocenters. The Labute approximate surface area is 120 Å². The average Bonchev–Trinajstić information content (AvgIpc) is 2.96. The Kier molecular flexibility index (Phi) is 3.75. The van der Waals surface area contributed by atoms with Crippen LogP contribution in [0.4, 0.5) is 0 Å². The average molecular weight is 267 g/mol. The molecule has 1 N–H and O–H groups in total. The second-order valence-corrected chi connectivity index (χ2v) is 5.26. The summed E-state index contributed by atoms with van der Waals surface area (Å²) in [4.78, 5) is 0. The number of nitrogens with one attached hydrogen (secondary N) is 1. The van der Waals surface area contributed by atoms with Gasteiger partial charge >= 0.3 is 0 Å². The lowest BCUT2D eigenvalue weighted by atomic mass is 9.93. The summed E-state index contributed by atoms with van der Waals surface area (Å²) >= 11 is 0. The van der Waals surface area contributed by atoms with Crippen molar-refractivity contribution in [1.82, 2.24) is 5.32 Å². The number of para-hydroxylation sites is 1. The minimum absolute atomic E-state index is 0.341. The van der Waals surface area contributed by atoms with Gasteiger partial charge < -0.3 is 10.1 Å².